The van der Waals surface area contributed by atoms with Crippen LogP contribution < -0.4 is 5.32 Å². The molecule has 1 atom stereocenters. The minimum absolute atomic E-state index is 0.376. The van der Waals surface area contributed by atoms with Gasteiger partial charge in [0, 0.05) is 6.54 Å². The van der Waals surface area contributed by atoms with Gasteiger partial charge in [-0.1, -0.05) is 45.4 Å². The van der Waals surface area contributed by atoms with Crippen molar-refractivity contribution in [2.24, 2.45) is 5.41 Å². The summed E-state index contributed by atoms with van der Waals surface area (Å²) in [5.74, 6) is 0. The highest BCUT2D eigenvalue weighted by Gasteiger charge is 2.24. The SMILES string of the molecule is CCCNCC(C)(CCC)Cc1c(C)cccc1C. The minimum atomic E-state index is 0.376. The summed E-state index contributed by atoms with van der Waals surface area (Å²) in [6, 6.07) is 6.66. The van der Waals surface area contributed by atoms with Crippen molar-refractivity contribution >= 4 is 0 Å². The number of hydrogen-bond donors (Lipinski definition) is 1. The summed E-state index contributed by atoms with van der Waals surface area (Å²) in [5, 5.41) is 3.62. The van der Waals surface area contributed by atoms with E-state index in [1.807, 2.05) is 0 Å². The molecule has 0 aromatic heterocycles. The Balaban J connectivity index is 2.82. The van der Waals surface area contributed by atoms with Crippen LogP contribution in [0.25, 0.3) is 0 Å². The second kappa shape index (κ2) is 7.69. The van der Waals surface area contributed by atoms with Gasteiger partial charge < -0.3 is 5.32 Å². The molecule has 0 spiro atoms. The summed E-state index contributed by atoms with van der Waals surface area (Å²) >= 11 is 0. The molecule has 1 unspecified atom stereocenters. The lowest BCUT2D eigenvalue weighted by Crippen LogP contribution is -2.34. The second-order valence-electron chi connectivity index (χ2n) is 6.28. The lowest BCUT2D eigenvalue weighted by atomic mass is 9.77. The summed E-state index contributed by atoms with van der Waals surface area (Å²) in [4.78, 5) is 0. The molecule has 0 radical (unpaired) electrons. The van der Waals surface area contributed by atoms with Gasteiger partial charge in [0.15, 0.2) is 0 Å². The maximum Gasteiger partial charge on any atom is 0.000835 e. The Morgan fingerprint density at radius 1 is 1.05 bits per heavy atom. The van der Waals surface area contributed by atoms with E-state index in [-0.39, 0.29) is 0 Å². The van der Waals surface area contributed by atoms with Gasteiger partial charge in [0.2, 0.25) is 0 Å². The van der Waals surface area contributed by atoms with Crippen LogP contribution >= 0.6 is 0 Å². The topological polar surface area (TPSA) is 12.0 Å². The van der Waals surface area contributed by atoms with Crippen molar-refractivity contribution < 1.29 is 0 Å². The average molecular weight is 261 g/mol. The third-order valence-corrected chi connectivity index (χ3v) is 4.08. The molecular weight excluding hydrogens is 230 g/mol. The van der Waals surface area contributed by atoms with Crippen LogP contribution in [0.1, 0.15) is 56.7 Å². The quantitative estimate of drug-likeness (QED) is 0.672. The fourth-order valence-corrected chi connectivity index (χ4v) is 2.96. The lowest BCUT2D eigenvalue weighted by molar-refractivity contribution is 0.275. The first kappa shape index (κ1) is 16.2. The van der Waals surface area contributed by atoms with Gasteiger partial charge in [-0.3, -0.25) is 0 Å². The highest BCUT2D eigenvalue weighted by Crippen LogP contribution is 2.30. The molecule has 0 aliphatic carbocycles. The molecule has 0 aliphatic heterocycles. The van der Waals surface area contributed by atoms with Crippen molar-refractivity contribution in [2.75, 3.05) is 13.1 Å². The first-order valence-corrected chi connectivity index (χ1v) is 7.78. The highest BCUT2D eigenvalue weighted by molar-refractivity contribution is 5.34. The van der Waals surface area contributed by atoms with Gasteiger partial charge in [-0.15, -0.1) is 0 Å². The maximum absolute atomic E-state index is 3.62. The van der Waals surface area contributed by atoms with E-state index in [2.05, 4.69) is 58.1 Å². The fraction of sp³-hybridized carbons (Fsp3) is 0.667. The molecule has 0 bridgehead atoms. The van der Waals surface area contributed by atoms with Crippen LogP contribution in [0.5, 0.6) is 0 Å². The van der Waals surface area contributed by atoms with Gasteiger partial charge in [0.25, 0.3) is 0 Å². The van der Waals surface area contributed by atoms with Crippen LogP contribution in [-0.4, -0.2) is 13.1 Å². The summed E-state index contributed by atoms with van der Waals surface area (Å²) < 4.78 is 0. The number of rotatable bonds is 8. The van der Waals surface area contributed by atoms with Crippen LogP contribution in [0.2, 0.25) is 0 Å². The molecular formula is C18H31N. The third-order valence-electron chi connectivity index (χ3n) is 4.08. The van der Waals surface area contributed by atoms with Gasteiger partial charge >= 0.3 is 0 Å². The van der Waals surface area contributed by atoms with E-state index in [1.54, 1.807) is 5.56 Å². The number of aryl methyl sites for hydroxylation is 2. The Bertz CT molecular complexity index is 363. The summed E-state index contributed by atoms with van der Waals surface area (Å²) in [6.45, 7) is 13.7. The van der Waals surface area contributed by atoms with Crippen LogP contribution in [-0.2, 0) is 6.42 Å². The van der Waals surface area contributed by atoms with Crippen molar-refractivity contribution in [1.29, 1.82) is 0 Å². The number of benzene rings is 1. The Labute approximate surface area is 119 Å². The minimum Gasteiger partial charge on any atom is -0.316 e. The molecule has 0 amide bonds. The predicted octanol–water partition coefficient (Wildman–Crippen LogP) is 4.65. The van der Waals surface area contributed by atoms with Crippen LogP contribution in [0.15, 0.2) is 18.2 Å². The monoisotopic (exact) mass is 261 g/mol. The largest absolute Gasteiger partial charge is 0.316 e. The first-order valence-electron chi connectivity index (χ1n) is 7.78. The molecule has 108 valence electrons. The fourth-order valence-electron chi connectivity index (χ4n) is 2.96. The van der Waals surface area contributed by atoms with E-state index < -0.39 is 0 Å². The average Bonchev–Trinajstić information content (AvgIpc) is 2.35. The Hall–Kier alpha value is -0.820. The van der Waals surface area contributed by atoms with Crippen molar-refractivity contribution in [1.82, 2.24) is 5.32 Å². The van der Waals surface area contributed by atoms with E-state index >= 15 is 0 Å². The standard InChI is InChI=1S/C18H31N/c1-6-11-18(5,14-19-12-7-2)13-17-15(3)9-8-10-16(17)4/h8-10,19H,6-7,11-14H2,1-5H3. The van der Waals surface area contributed by atoms with Crippen LogP contribution in [0.4, 0.5) is 0 Å². The summed E-state index contributed by atoms with van der Waals surface area (Å²) in [7, 11) is 0. The third kappa shape index (κ3) is 4.99. The molecule has 0 fully saturated rings. The van der Waals surface area contributed by atoms with Crippen molar-refractivity contribution in [2.45, 2.75) is 60.3 Å². The van der Waals surface area contributed by atoms with Gasteiger partial charge in [0.1, 0.15) is 0 Å². The molecule has 0 aliphatic rings. The summed E-state index contributed by atoms with van der Waals surface area (Å²) in [6.07, 6.45) is 4.95. The van der Waals surface area contributed by atoms with Gasteiger partial charge in [-0.25, -0.2) is 0 Å². The molecule has 1 nitrogen and oxygen atoms in total. The maximum atomic E-state index is 3.62. The normalized spacial score (nSPS) is 14.4. The molecule has 0 heterocycles. The molecule has 1 heteroatoms. The molecule has 19 heavy (non-hydrogen) atoms. The smallest absolute Gasteiger partial charge is 0.000835 e. The Morgan fingerprint density at radius 2 is 1.68 bits per heavy atom. The van der Waals surface area contributed by atoms with E-state index in [1.165, 1.54) is 36.8 Å². The zero-order chi connectivity index (χ0) is 14.3. The predicted molar refractivity (Wildman–Crippen MR) is 85.8 cm³/mol. The van der Waals surface area contributed by atoms with Crippen molar-refractivity contribution in [3.8, 4) is 0 Å². The molecule has 1 N–H and O–H groups in total. The zero-order valence-corrected chi connectivity index (χ0v) is 13.5. The molecule has 1 aromatic rings. The molecule has 0 saturated carbocycles. The van der Waals surface area contributed by atoms with Crippen molar-refractivity contribution in [3.05, 3.63) is 34.9 Å². The Kier molecular flexibility index (Phi) is 6.57. The molecule has 0 saturated heterocycles. The molecule has 1 rings (SSSR count). The number of hydrogen-bond acceptors (Lipinski definition) is 1. The van der Waals surface area contributed by atoms with E-state index in [9.17, 15) is 0 Å². The first-order chi connectivity index (χ1) is 9.02. The van der Waals surface area contributed by atoms with Crippen LogP contribution in [0, 0.1) is 19.3 Å². The second-order valence-corrected chi connectivity index (χ2v) is 6.28. The zero-order valence-electron chi connectivity index (χ0n) is 13.5. The van der Waals surface area contributed by atoms with Gasteiger partial charge in [-0.05, 0) is 61.8 Å². The summed E-state index contributed by atoms with van der Waals surface area (Å²) in [5.41, 5.74) is 4.81. The highest BCUT2D eigenvalue weighted by atomic mass is 14.9. The number of nitrogens with one attached hydrogen (secondary N) is 1. The Morgan fingerprint density at radius 3 is 2.21 bits per heavy atom. The van der Waals surface area contributed by atoms with Gasteiger partial charge in [-0.2, -0.15) is 0 Å². The van der Waals surface area contributed by atoms with Gasteiger partial charge in [0.05, 0.1) is 0 Å². The van der Waals surface area contributed by atoms with Crippen molar-refractivity contribution in [3.63, 3.8) is 0 Å². The van der Waals surface area contributed by atoms with Crippen LogP contribution in [0.3, 0.4) is 0 Å². The van der Waals surface area contributed by atoms with E-state index in [4.69, 9.17) is 0 Å². The lowest BCUT2D eigenvalue weighted by Gasteiger charge is -2.31. The van der Waals surface area contributed by atoms with E-state index in [0.29, 0.717) is 5.41 Å². The van der Waals surface area contributed by atoms with E-state index in [0.717, 1.165) is 13.1 Å². The molecule has 1 aromatic carbocycles.